The van der Waals surface area contributed by atoms with Crippen molar-refractivity contribution in [2.45, 2.75) is 32.6 Å². The van der Waals surface area contributed by atoms with E-state index in [0.29, 0.717) is 42.1 Å². The van der Waals surface area contributed by atoms with Crippen molar-refractivity contribution in [3.63, 3.8) is 0 Å². The van der Waals surface area contributed by atoms with Crippen molar-refractivity contribution in [3.05, 3.63) is 35.6 Å². The maximum Gasteiger partial charge on any atom is 0.414 e. The Hall–Kier alpha value is -3.10. The highest BCUT2D eigenvalue weighted by Gasteiger charge is 2.38. The fourth-order valence-electron chi connectivity index (χ4n) is 3.74. The second-order valence-electron chi connectivity index (χ2n) is 7.05. The monoisotopic (exact) mass is 404 g/mol. The first-order chi connectivity index (χ1) is 13.8. The lowest BCUT2D eigenvalue weighted by Crippen LogP contribution is -2.46. The van der Waals surface area contributed by atoms with E-state index >= 15 is 0 Å². The molecule has 1 saturated heterocycles. The van der Waals surface area contributed by atoms with E-state index in [1.807, 2.05) is 0 Å². The van der Waals surface area contributed by atoms with Crippen LogP contribution in [0, 0.1) is 5.92 Å². The third-order valence-electron chi connectivity index (χ3n) is 5.23. The van der Waals surface area contributed by atoms with Gasteiger partial charge in [-0.05, 0) is 43.8 Å². The Balaban J connectivity index is 2.24. The van der Waals surface area contributed by atoms with Crippen LogP contribution in [0.4, 0.5) is 9.59 Å². The van der Waals surface area contributed by atoms with Gasteiger partial charge in [-0.15, -0.1) is 0 Å². The van der Waals surface area contributed by atoms with Crippen molar-refractivity contribution in [2.75, 3.05) is 26.7 Å². The number of hydrogen-bond donors (Lipinski definition) is 3. The summed E-state index contributed by atoms with van der Waals surface area (Å²) in [4.78, 5) is 51.0. The van der Waals surface area contributed by atoms with Crippen LogP contribution in [0.5, 0.6) is 0 Å². The van der Waals surface area contributed by atoms with Gasteiger partial charge in [0, 0.05) is 25.8 Å². The van der Waals surface area contributed by atoms with Gasteiger partial charge in [-0.3, -0.25) is 9.59 Å². The molecule has 0 spiro atoms. The van der Waals surface area contributed by atoms with Crippen LogP contribution >= 0.6 is 0 Å². The summed E-state index contributed by atoms with van der Waals surface area (Å²) in [6, 6.07) is -0.383. The third-order valence-corrected chi connectivity index (χ3v) is 5.23. The zero-order chi connectivity index (χ0) is 21.6. The third kappa shape index (κ3) is 5.24. The Morgan fingerprint density at radius 2 is 1.93 bits per heavy atom. The Morgan fingerprint density at radius 1 is 1.28 bits per heavy atom. The molecule has 5 amide bonds. The Kier molecular flexibility index (Phi) is 7.58. The molecule has 2 aliphatic rings. The van der Waals surface area contributed by atoms with Gasteiger partial charge in [0.15, 0.2) is 0 Å². The first-order valence-corrected chi connectivity index (χ1v) is 9.63. The van der Waals surface area contributed by atoms with Crippen LogP contribution in [0.3, 0.4) is 0 Å². The quantitative estimate of drug-likeness (QED) is 0.646. The van der Waals surface area contributed by atoms with E-state index in [1.165, 1.54) is 13.1 Å². The molecule has 0 bridgehead atoms. The molecule has 0 radical (unpaired) electrons. The highest BCUT2D eigenvalue weighted by atomic mass is 16.4. The fourth-order valence-corrected chi connectivity index (χ4v) is 3.74. The van der Waals surface area contributed by atoms with Gasteiger partial charge in [0.05, 0.1) is 5.92 Å². The number of nitrogens with one attached hydrogen (secondary N) is 2. The number of urea groups is 1. The van der Waals surface area contributed by atoms with Crippen LogP contribution in [-0.2, 0) is 9.59 Å². The zero-order valence-electron chi connectivity index (χ0n) is 16.9. The Labute approximate surface area is 170 Å². The van der Waals surface area contributed by atoms with Gasteiger partial charge >= 0.3 is 12.1 Å². The maximum atomic E-state index is 13.0. The van der Waals surface area contributed by atoms with Crippen LogP contribution < -0.4 is 10.6 Å². The molecule has 9 heteroatoms. The molecule has 1 saturated carbocycles. The molecule has 29 heavy (non-hydrogen) atoms. The molecule has 1 heterocycles. The number of amides is 5. The summed E-state index contributed by atoms with van der Waals surface area (Å²) >= 11 is 0. The number of carbonyl (C=O) groups excluding carboxylic acids is 3. The number of hydrogen-bond acceptors (Lipinski definition) is 4. The van der Waals surface area contributed by atoms with Crippen molar-refractivity contribution in [3.8, 4) is 0 Å². The van der Waals surface area contributed by atoms with E-state index < -0.39 is 24.5 Å². The molecule has 2 fully saturated rings. The first-order valence-electron chi connectivity index (χ1n) is 9.63. The molecule has 3 N–H and O–H groups in total. The van der Waals surface area contributed by atoms with Crippen molar-refractivity contribution >= 4 is 23.9 Å². The fraction of sp³-hybridized carbons (Fsp3) is 0.500. The zero-order valence-corrected chi connectivity index (χ0v) is 16.9. The second kappa shape index (κ2) is 9.90. The molecular weight excluding hydrogens is 376 g/mol. The standard InChI is InChI=1S/C20H28N4O5/c1-4-7-15-14(13(2)22-19(27)21-3)8-9-16(15)18(26)24(20(28)29)12-17(25)23-10-5-6-11-23/h4,7,16H,1,5-6,8-12H2,2-3H3,(H,28,29)(H2,21,22,27)/b14-13-,15-7?/t16-/m0/s1. The van der Waals surface area contributed by atoms with Gasteiger partial charge in [-0.2, -0.15) is 0 Å². The van der Waals surface area contributed by atoms with Crippen LogP contribution in [0.15, 0.2) is 35.6 Å². The van der Waals surface area contributed by atoms with Crippen molar-refractivity contribution < 1.29 is 24.3 Å². The molecule has 1 atom stereocenters. The summed E-state index contributed by atoms with van der Waals surface area (Å²) in [7, 11) is 1.50. The Morgan fingerprint density at radius 3 is 2.48 bits per heavy atom. The minimum Gasteiger partial charge on any atom is -0.465 e. The summed E-state index contributed by atoms with van der Waals surface area (Å²) in [5, 5.41) is 14.7. The number of likely N-dealkylation sites (tertiary alicyclic amines) is 1. The average Bonchev–Trinajstić information content (AvgIpc) is 3.35. The van der Waals surface area contributed by atoms with Crippen LogP contribution in [0.25, 0.3) is 0 Å². The topological polar surface area (TPSA) is 119 Å². The van der Waals surface area contributed by atoms with Crippen LogP contribution in [0.1, 0.15) is 32.6 Å². The minimum absolute atomic E-state index is 0.362. The van der Waals surface area contributed by atoms with Gasteiger partial charge in [0.2, 0.25) is 11.8 Å². The summed E-state index contributed by atoms with van der Waals surface area (Å²) in [5.74, 6) is -1.72. The first kappa shape index (κ1) is 22.2. The van der Waals surface area contributed by atoms with Gasteiger partial charge < -0.3 is 20.6 Å². The lowest BCUT2D eigenvalue weighted by Gasteiger charge is -2.24. The smallest absolute Gasteiger partial charge is 0.414 e. The highest BCUT2D eigenvalue weighted by molar-refractivity contribution is 5.98. The summed E-state index contributed by atoms with van der Waals surface area (Å²) in [5.41, 5.74) is 1.96. The van der Waals surface area contributed by atoms with Crippen LogP contribution in [-0.4, -0.2) is 65.5 Å². The average molecular weight is 404 g/mol. The van der Waals surface area contributed by atoms with E-state index in [2.05, 4.69) is 17.2 Å². The van der Waals surface area contributed by atoms with Gasteiger partial charge in [0.1, 0.15) is 6.54 Å². The SMILES string of the molecule is C=CC=C1/C(=C(/C)NC(=O)NC)CC[C@@H]1C(=O)N(CC(=O)N1CCCC1)C(=O)O. The molecule has 0 aromatic carbocycles. The highest BCUT2D eigenvalue weighted by Crippen LogP contribution is 2.38. The van der Waals surface area contributed by atoms with Gasteiger partial charge in [-0.25, -0.2) is 14.5 Å². The molecule has 9 nitrogen and oxygen atoms in total. The lowest BCUT2D eigenvalue weighted by molar-refractivity contribution is -0.139. The Bertz CT molecular complexity index is 765. The van der Waals surface area contributed by atoms with Crippen molar-refractivity contribution in [1.29, 1.82) is 0 Å². The lowest BCUT2D eigenvalue weighted by atomic mass is 9.97. The van der Waals surface area contributed by atoms with E-state index in [-0.39, 0.29) is 11.9 Å². The molecule has 1 aliphatic carbocycles. The van der Waals surface area contributed by atoms with Gasteiger partial charge in [-0.1, -0.05) is 18.7 Å². The predicted octanol–water partition coefficient (Wildman–Crippen LogP) is 1.84. The van der Waals surface area contributed by atoms with E-state index in [9.17, 15) is 24.3 Å². The van der Waals surface area contributed by atoms with Crippen molar-refractivity contribution in [1.82, 2.24) is 20.4 Å². The van der Waals surface area contributed by atoms with E-state index in [1.54, 1.807) is 17.9 Å². The normalized spacial score (nSPS) is 21.7. The maximum absolute atomic E-state index is 13.0. The summed E-state index contributed by atoms with van der Waals surface area (Å²) in [6.45, 7) is 6.08. The molecular formula is C20H28N4O5. The summed E-state index contributed by atoms with van der Waals surface area (Å²) < 4.78 is 0. The van der Waals surface area contributed by atoms with Crippen LogP contribution in [0.2, 0.25) is 0 Å². The second-order valence-corrected chi connectivity index (χ2v) is 7.05. The number of rotatable bonds is 5. The number of carbonyl (C=O) groups is 4. The van der Waals surface area contributed by atoms with Crippen molar-refractivity contribution in [2.24, 2.45) is 5.92 Å². The number of nitrogens with zero attached hydrogens (tertiary/aromatic N) is 2. The number of carboxylic acid groups (broad SMARTS) is 1. The molecule has 2 rings (SSSR count). The largest absolute Gasteiger partial charge is 0.465 e. The molecule has 1 aliphatic heterocycles. The molecule has 0 aromatic rings. The van der Waals surface area contributed by atoms with E-state index in [4.69, 9.17) is 0 Å². The summed E-state index contributed by atoms with van der Waals surface area (Å²) in [6.07, 6.45) is 4.39. The number of imide groups is 1. The molecule has 158 valence electrons. The van der Waals surface area contributed by atoms with Gasteiger partial charge in [0.25, 0.3) is 0 Å². The number of allylic oxidation sites excluding steroid dienone is 4. The van der Waals surface area contributed by atoms with E-state index in [0.717, 1.165) is 18.4 Å². The molecule has 0 aromatic heterocycles. The molecule has 0 unspecified atom stereocenters. The predicted molar refractivity (Wildman–Crippen MR) is 107 cm³/mol. The minimum atomic E-state index is -1.45.